The van der Waals surface area contributed by atoms with Crippen molar-refractivity contribution in [1.82, 2.24) is 0 Å². The minimum atomic E-state index is -0.434. The molecule has 5 heteroatoms. The van der Waals surface area contributed by atoms with Crippen LogP contribution in [-0.4, -0.2) is 0 Å². The second kappa shape index (κ2) is 5.80. The Morgan fingerprint density at radius 2 is 1.78 bits per heavy atom. The topological polar surface area (TPSA) is 9.23 Å². The second-order valence-corrected chi connectivity index (χ2v) is 5.37. The molecule has 2 rings (SSSR count). The fourth-order valence-electron chi connectivity index (χ4n) is 1.38. The van der Waals surface area contributed by atoms with E-state index in [1.54, 1.807) is 18.2 Å². The molecule has 0 atom stereocenters. The summed E-state index contributed by atoms with van der Waals surface area (Å²) in [6.45, 7) is 0.161. The molecule has 1 nitrogen and oxygen atoms in total. The number of ether oxygens (including phenoxy) is 1. The van der Waals surface area contributed by atoms with Gasteiger partial charge in [-0.25, -0.2) is 8.78 Å². The van der Waals surface area contributed by atoms with Crippen LogP contribution in [0.15, 0.2) is 45.3 Å². The highest BCUT2D eigenvalue weighted by Crippen LogP contribution is 2.25. The van der Waals surface area contributed by atoms with E-state index in [-0.39, 0.29) is 18.2 Å². The predicted octanol–water partition coefficient (Wildman–Crippen LogP) is 5.07. The quantitative estimate of drug-likeness (QED) is 0.725. The highest BCUT2D eigenvalue weighted by atomic mass is 79.9. The van der Waals surface area contributed by atoms with Crippen LogP contribution in [0.1, 0.15) is 5.56 Å². The SMILES string of the molecule is Fc1ccc(COc2cc(Br)ccc2F)c(Br)c1. The van der Waals surface area contributed by atoms with Gasteiger partial charge in [-0.2, -0.15) is 0 Å². The average molecular weight is 378 g/mol. The van der Waals surface area contributed by atoms with E-state index in [2.05, 4.69) is 31.9 Å². The van der Waals surface area contributed by atoms with E-state index in [1.165, 1.54) is 18.2 Å². The van der Waals surface area contributed by atoms with Crippen LogP contribution in [0, 0.1) is 11.6 Å². The number of hydrogen-bond donors (Lipinski definition) is 0. The van der Waals surface area contributed by atoms with Gasteiger partial charge in [-0.1, -0.05) is 37.9 Å². The van der Waals surface area contributed by atoms with Crippen LogP contribution in [0.3, 0.4) is 0 Å². The van der Waals surface area contributed by atoms with Gasteiger partial charge in [0.15, 0.2) is 11.6 Å². The number of halogens is 4. The average Bonchev–Trinajstić information content (AvgIpc) is 2.32. The second-order valence-electron chi connectivity index (χ2n) is 3.60. The van der Waals surface area contributed by atoms with Crippen LogP contribution >= 0.6 is 31.9 Å². The standard InChI is InChI=1S/C13H8Br2F2O/c14-9-2-4-12(17)13(5-9)18-7-8-1-3-10(16)6-11(8)15/h1-6H,7H2. The summed E-state index contributed by atoms with van der Waals surface area (Å²) in [7, 11) is 0. The van der Waals surface area contributed by atoms with Gasteiger partial charge in [0.25, 0.3) is 0 Å². The summed E-state index contributed by atoms with van der Waals surface area (Å²) in [6, 6.07) is 8.73. The van der Waals surface area contributed by atoms with Gasteiger partial charge in [-0.05, 0) is 30.3 Å². The fourth-order valence-corrected chi connectivity index (χ4v) is 2.19. The molecule has 94 valence electrons. The minimum absolute atomic E-state index is 0.153. The first-order valence-corrected chi connectivity index (χ1v) is 6.66. The third kappa shape index (κ3) is 3.29. The lowest BCUT2D eigenvalue weighted by Gasteiger charge is -2.09. The third-order valence-electron chi connectivity index (χ3n) is 2.29. The van der Waals surface area contributed by atoms with Gasteiger partial charge in [0.05, 0.1) is 0 Å². The maximum Gasteiger partial charge on any atom is 0.165 e. The van der Waals surface area contributed by atoms with E-state index < -0.39 is 5.82 Å². The van der Waals surface area contributed by atoms with Crippen molar-refractivity contribution >= 4 is 31.9 Å². The molecule has 0 aliphatic rings. The van der Waals surface area contributed by atoms with Gasteiger partial charge in [-0.3, -0.25) is 0 Å². The lowest BCUT2D eigenvalue weighted by Crippen LogP contribution is -1.98. The molecule has 0 bridgehead atoms. The summed E-state index contributed by atoms with van der Waals surface area (Å²) in [4.78, 5) is 0. The van der Waals surface area contributed by atoms with E-state index in [1.807, 2.05) is 0 Å². The molecule has 0 N–H and O–H groups in total. The molecule has 18 heavy (non-hydrogen) atoms. The third-order valence-corrected chi connectivity index (χ3v) is 3.52. The van der Waals surface area contributed by atoms with Crippen LogP contribution in [0.5, 0.6) is 5.75 Å². The molecular weight excluding hydrogens is 370 g/mol. The zero-order valence-corrected chi connectivity index (χ0v) is 12.3. The van der Waals surface area contributed by atoms with E-state index >= 15 is 0 Å². The smallest absolute Gasteiger partial charge is 0.165 e. The normalized spacial score (nSPS) is 10.4. The van der Waals surface area contributed by atoms with Gasteiger partial charge in [0, 0.05) is 14.5 Å². The molecule has 0 aliphatic carbocycles. The van der Waals surface area contributed by atoms with Crippen molar-refractivity contribution in [2.24, 2.45) is 0 Å². The minimum Gasteiger partial charge on any atom is -0.486 e. The van der Waals surface area contributed by atoms with Gasteiger partial charge in [0.2, 0.25) is 0 Å². The van der Waals surface area contributed by atoms with Crippen molar-refractivity contribution in [3.63, 3.8) is 0 Å². The van der Waals surface area contributed by atoms with Crippen molar-refractivity contribution < 1.29 is 13.5 Å². The summed E-state index contributed by atoms with van der Waals surface area (Å²) in [5, 5.41) is 0. The molecule has 0 radical (unpaired) electrons. The highest BCUT2D eigenvalue weighted by Gasteiger charge is 2.06. The largest absolute Gasteiger partial charge is 0.486 e. The van der Waals surface area contributed by atoms with Crippen LogP contribution < -0.4 is 4.74 Å². The Balaban J connectivity index is 2.13. The van der Waals surface area contributed by atoms with E-state index in [9.17, 15) is 8.78 Å². The summed E-state index contributed by atoms with van der Waals surface area (Å²) in [6.07, 6.45) is 0. The Morgan fingerprint density at radius 3 is 2.50 bits per heavy atom. The number of hydrogen-bond acceptors (Lipinski definition) is 1. The van der Waals surface area contributed by atoms with Crippen molar-refractivity contribution in [3.8, 4) is 5.75 Å². The first kappa shape index (κ1) is 13.5. The Hall–Kier alpha value is -0.940. The van der Waals surface area contributed by atoms with Gasteiger partial charge < -0.3 is 4.74 Å². The Kier molecular flexibility index (Phi) is 4.35. The Bertz CT molecular complexity index is 573. The number of benzene rings is 2. The van der Waals surface area contributed by atoms with Crippen molar-refractivity contribution in [2.75, 3.05) is 0 Å². The monoisotopic (exact) mass is 376 g/mol. The molecule has 2 aromatic carbocycles. The van der Waals surface area contributed by atoms with Crippen LogP contribution in [-0.2, 0) is 6.61 Å². The summed E-state index contributed by atoms with van der Waals surface area (Å²) in [5.74, 6) is -0.615. The van der Waals surface area contributed by atoms with Crippen molar-refractivity contribution in [2.45, 2.75) is 6.61 Å². The summed E-state index contributed by atoms with van der Waals surface area (Å²) >= 11 is 6.47. The summed E-state index contributed by atoms with van der Waals surface area (Å²) in [5.41, 5.74) is 0.746. The Morgan fingerprint density at radius 1 is 1.00 bits per heavy atom. The van der Waals surface area contributed by atoms with E-state index in [4.69, 9.17) is 4.74 Å². The molecule has 0 fully saturated rings. The Labute approximate surface area is 120 Å². The molecule has 0 spiro atoms. The molecule has 0 heterocycles. The van der Waals surface area contributed by atoms with E-state index in [0.717, 1.165) is 10.0 Å². The van der Waals surface area contributed by atoms with Crippen LogP contribution in [0.4, 0.5) is 8.78 Å². The van der Waals surface area contributed by atoms with Gasteiger partial charge >= 0.3 is 0 Å². The maximum atomic E-state index is 13.4. The molecule has 0 saturated heterocycles. The molecule has 0 unspecified atom stereocenters. The number of rotatable bonds is 3. The van der Waals surface area contributed by atoms with Crippen molar-refractivity contribution in [1.29, 1.82) is 0 Å². The molecular formula is C13H8Br2F2O. The fraction of sp³-hybridized carbons (Fsp3) is 0.0769. The maximum absolute atomic E-state index is 13.4. The summed E-state index contributed by atoms with van der Waals surface area (Å²) < 4.78 is 33.0. The van der Waals surface area contributed by atoms with Gasteiger partial charge in [-0.15, -0.1) is 0 Å². The van der Waals surface area contributed by atoms with E-state index in [0.29, 0.717) is 4.47 Å². The zero-order chi connectivity index (χ0) is 13.1. The molecule has 0 aromatic heterocycles. The molecule has 0 saturated carbocycles. The molecule has 2 aromatic rings. The van der Waals surface area contributed by atoms with Crippen LogP contribution in [0.25, 0.3) is 0 Å². The first-order valence-electron chi connectivity index (χ1n) is 5.08. The zero-order valence-electron chi connectivity index (χ0n) is 9.09. The predicted molar refractivity (Wildman–Crippen MR) is 72.5 cm³/mol. The highest BCUT2D eigenvalue weighted by molar-refractivity contribution is 9.10. The van der Waals surface area contributed by atoms with Gasteiger partial charge in [0.1, 0.15) is 12.4 Å². The lowest BCUT2D eigenvalue weighted by atomic mass is 10.2. The molecule has 0 aliphatic heterocycles. The lowest BCUT2D eigenvalue weighted by molar-refractivity contribution is 0.289. The first-order chi connectivity index (χ1) is 8.56. The van der Waals surface area contributed by atoms with Crippen molar-refractivity contribution in [3.05, 3.63) is 62.5 Å². The van der Waals surface area contributed by atoms with Crippen LogP contribution in [0.2, 0.25) is 0 Å². The molecule has 0 amide bonds.